The lowest BCUT2D eigenvalue weighted by Crippen LogP contribution is -2.44. The summed E-state index contributed by atoms with van der Waals surface area (Å²) in [5, 5.41) is 2.89. The number of nitrogens with one attached hydrogen (secondary N) is 1. The zero-order chi connectivity index (χ0) is 19.2. The molecule has 2 aromatic carbocycles. The average Bonchev–Trinajstić information content (AvgIpc) is 2.69. The maximum absolute atomic E-state index is 12.5. The summed E-state index contributed by atoms with van der Waals surface area (Å²) in [4.78, 5) is 23.8. The minimum Gasteiger partial charge on any atom is -0.320 e. The molecular weight excluding hydrogens is 336 g/mol. The number of hydrogen-bond donors (Lipinski definition) is 1. The first kappa shape index (κ1) is 18.5. The molecule has 0 bridgehead atoms. The maximum Gasteiger partial charge on any atom is 0.293 e. The Morgan fingerprint density at radius 2 is 1.48 bits per heavy atom. The molecule has 136 valence electrons. The van der Waals surface area contributed by atoms with Crippen LogP contribution in [0.1, 0.15) is 41.4 Å². The van der Waals surface area contributed by atoms with Crippen molar-refractivity contribution in [2.75, 3.05) is 5.32 Å². The van der Waals surface area contributed by atoms with Crippen molar-refractivity contribution in [3.63, 3.8) is 0 Å². The number of ketones is 1. The molecule has 3 aromatic rings. The van der Waals surface area contributed by atoms with Gasteiger partial charge in [-0.3, -0.25) is 9.59 Å². The Morgan fingerprint density at radius 3 is 2.07 bits per heavy atom. The maximum atomic E-state index is 12.5. The molecule has 0 aliphatic heterocycles. The first-order chi connectivity index (χ1) is 13.0. The molecule has 0 radical (unpaired) electrons. The molecule has 3 rings (SSSR count). The molecule has 0 spiro atoms. The van der Waals surface area contributed by atoms with Crippen LogP contribution >= 0.6 is 0 Å². The number of pyridine rings is 1. The lowest BCUT2D eigenvalue weighted by Gasteiger charge is -2.09. The second-order valence-corrected chi connectivity index (χ2v) is 6.61. The summed E-state index contributed by atoms with van der Waals surface area (Å²) in [7, 11) is 0. The summed E-state index contributed by atoms with van der Waals surface area (Å²) in [6.45, 7) is 3.38. The van der Waals surface area contributed by atoms with Crippen LogP contribution in [0.15, 0.2) is 79.1 Å². The first-order valence-corrected chi connectivity index (χ1v) is 8.98. The van der Waals surface area contributed by atoms with Gasteiger partial charge in [-0.15, -0.1) is 0 Å². The summed E-state index contributed by atoms with van der Waals surface area (Å²) in [5.74, 6) is -0.0984. The molecule has 1 heterocycles. The molecule has 1 amide bonds. The van der Waals surface area contributed by atoms with Gasteiger partial charge in [-0.1, -0.05) is 30.3 Å². The van der Waals surface area contributed by atoms with Crippen LogP contribution in [0, 0.1) is 0 Å². The molecule has 1 atom stereocenters. The highest BCUT2D eigenvalue weighted by Gasteiger charge is 2.21. The third-order valence-electron chi connectivity index (χ3n) is 4.56. The van der Waals surface area contributed by atoms with Crippen molar-refractivity contribution in [3.8, 4) is 0 Å². The minimum absolute atomic E-state index is 0.00685. The standard InChI is InChI=1S/C23H22N2O2/c1-17(23(27)24-22-10-8-21(9-11-22)18(2)26)25-14-12-20(13-15-25)16-19-6-4-3-5-7-19/h3-15,17H,16H2,1-2H3/p+1/t17-/m1/s1. The summed E-state index contributed by atoms with van der Waals surface area (Å²) in [6, 6.07) is 21.0. The zero-order valence-electron chi connectivity index (χ0n) is 15.6. The number of nitrogens with zero attached hydrogens (tertiary/aromatic N) is 1. The van der Waals surface area contributed by atoms with E-state index in [4.69, 9.17) is 0 Å². The summed E-state index contributed by atoms with van der Waals surface area (Å²) in [6.07, 6.45) is 4.73. The Bertz CT molecular complexity index is 917. The number of benzene rings is 2. The Kier molecular flexibility index (Phi) is 5.77. The SMILES string of the molecule is CC(=O)c1ccc(NC(=O)[C@@H](C)[n+]2ccc(Cc3ccccc3)cc2)cc1. The van der Waals surface area contributed by atoms with Gasteiger partial charge in [0.2, 0.25) is 6.04 Å². The third-order valence-corrected chi connectivity index (χ3v) is 4.56. The number of amides is 1. The van der Waals surface area contributed by atoms with Crippen molar-refractivity contribution in [2.45, 2.75) is 26.3 Å². The van der Waals surface area contributed by atoms with Crippen LogP contribution in [0.2, 0.25) is 0 Å². The molecule has 0 fully saturated rings. The normalized spacial score (nSPS) is 11.6. The van der Waals surface area contributed by atoms with Gasteiger partial charge in [0.1, 0.15) is 0 Å². The predicted molar refractivity (Wildman–Crippen MR) is 106 cm³/mol. The fourth-order valence-corrected chi connectivity index (χ4v) is 2.85. The Balaban J connectivity index is 1.63. The molecule has 0 saturated heterocycles. The highest BCUT2D eigenvalue weighted by Crippen LogP contribution is 2.12. The van der Waals surface area contributed by atoms with E-state index in [9.17, 15) is 9.59 Å². The van der Waals surface area contributed by atoms with Gasteiger partial charge in [0.25, 0.3) is 5.91 Å². The van der Waals surface area contributed by atoms with Crippen LogP contribution in [-0.4, -0.2) is 11.7 Å². The van der Waals surface area contributed by atoms with Crippen molar-refractivity contribution in [1.82, 2.24) is 0 Å². The first-order valence-electron chi connectivity index (χ1n) is 8.98. The van der Waals surface area contributed by atoms with Crippen molar-refractivity contribution < 1.29 is 14.2 Å². The second kappa shape index (κ2) is 8.41. The fourth-order valence-electron chi connectivity index (χ4n) is 2.85. The van der Waals surface area contributed by atoms with Crippen molar-refractivity contribution in [2.24, 2.45) is 0 Å². The molecule has 27 heavy (non-hydrogen) atoms. The lowest BCUT2D eigenvalue weighted by atomic mass is 10.1. The fraction of sp³-hybridized carbons (Fsp3) is 0.174. The Morgan fingerprint density at radius 1 is 0.889 bits per heavy atom. The summed E-state index contributed by atoms with van der Waals surface area (Å²) in [5.41, 5.74) is 3.77. The van der Waals surface area contributed by atoms with E-state index in [2.05, 4.69) is 17.4 Å². The van der Waals surface area contributed by atoms with Gasteiger partial charge in [-0.05, 0) is 48.7 Å². The minimum atomic E-state index is -0.344. The largest absolute Gasteiger partial charge is 0.320 e. The smallest absolute Gasteiger partial charge is 0.293 e. The van der Waals surface area contributed by atoms with E-state index in [1.165, 1.54) is 18.1 Å². The summed E-state index contributed by atoms with van der Waals surface area (Å²) >= 11 is 0. The van der Waals surface area contributed by atoms with Crippen molar-refractivity contribution in [3.05, 3.63) is 95.8 Å². The van der Waals surface area contributed by atoms with Crippen LogP contribution < -0.4 is 9.88 Å². The quantitative estimate of drug-likeness (QED) is 0.535. The van der Waals surface area contributed by atoms with Crippen LogP contribution in [0.4, 0.5) is 5.69 Å². The van der Waals surface area contributed by atoms with Gasteiger partial charge in [0.15, 0.2) is 18.2 Å². The van der Waals surface area contributed by atoms with E-state index in [-0.39, 0.29) is 17.7 Å². The highest BCUT2D eigenvalue weighted by molar-refractivity contribution is 5.96. The van der Waals surface area contributed by atoms with Crippen LogP contribution in [0.25, 0.3) is 0 Å². The number of Topliss-reactive ketones (excluding diaryl/α,β-unsaturated/α-hetero) is 1. The van der Waals surface area contributed by atoms with E-state index in [1.807, 2.05) is 54.2 Å². The third kappa shape index (κ3) is 4.88. The molecule has 0 saturated carbocycles. The van der Waals surface area contributed by atoms with E-state index in [1.54, 1.807) is 24.3 Å². The molecule has 0 unspecified atom stereocenters. The van der Waals surface area contributed by atoms with Gasteiger partial charge < -0.3 is 5.32 Å². The van der Waals surface area contributed by atoms with Gasteiger partial charge in [0.05, 0.1) is 0 Å². The highest BCUT2D eigenvalue weighted by atomic mass is 16.2. The molecular formula is C23H23N2O2+. The molecule has 0 aliphatic carbocycles. The van der Waals surface area contributed by atoms with Crippen LogP contribution in [0.5, 0.6) is 0 Å². The predicted octanol–water partition coefficient (Wildman–Crippen LogP) is 3.97. The molecule has 1 aromatic heterocycles. The van der Waals surface area contributed by atoms with Crippen LogP contribution in [-0.2, 0) is 11.2 Å². The number of carbonyl (C=O) groups is 2. The van der Waals surface area contributed by atoms with Gasteiger partial charge in [-0.2, -0.15) is 4.57 Å². The number of aromatic nitrogens is 1. The van der Waals surface area contributed by atoms with E-state index in [0.717, 1.165) is 6.42 Å². The Labute approximate surface area is 159 Å². The monoisotopic (exact) mass is 359 g/mol. The number of anilines is 1. The number of carbonyl (C=O) groups excluding carboxylic acids is 2. The van der Waals surface area contributed by atoms with Gasteiger partial charge in [0, 0.05) is 30.3 Å². The molecule has 1 N–H and O–H groups in total. The average molecular weight is 359 g/mol. The zero-order valence-corrected chi connectivity index (χ0v) is 15.6. The molecule has 4 nitrogen and oxygen atoms in total. The summed E-state index contributed by atoms with van der Waals surface area (Å²) < 4.78 is 1.88. The van der Waals surface area contributed by atoms with Gasteiger partial charge >= 0.3 is 0 Å². The molecule has 4 heteroatoms. The van der Waals surface area contributed by atoms with Crippen molar-refractivity contribution in [1.29, 1.82) is 0 Å². The number of rotatable bonds is 6. The topological polar surface area (TPSA) is 50.1 Å². The van der Waals surface area contributed by atoms with Gasteiger partial charge in [-0.25, -0.2) is 0 Å². The number of hydrogen-bond acceptors (Lipinski definition) is 2. The van der Waals surface area contributed by atoms with Crippen molar-refractivity contribution >= 4 is 17.4 Å². The van der Waals surface area contributed by atoms with E-state index < -0.39 is 0 Å². The second-order valence-electron chi connectivity index (χ2n) is 6.61. The molecule has 0 aliphatic rings. The van der Waals surface area contributed by atoms with Crippen LogP contribution in [0.3, 0.4) is 0 Å². The Hall–Kier alpha value is -3.27. The lowest BCUT2D eigenvalue weighted by molar-refractivity contribution is -0.705. The van der Waals surface area contributed by atoms with E-state index >= 15 is 0 Å². The van der Waals surface area contributed by atoms with E-state index in [0.29, 0.717) is 11.3 Å².